The summed E-state index contributed by atoms with van der Waals surface area (Å²) < 4.78 is 28.5. The Kier molecular flexibility index (Phi) is 4.48. The highest BCUT2D eigenvalue weighted by atomic mass is 32.2. The van der Waals surface area contributed by atoms with Crippen LogP contribution in [0.1, 0.15) is 12.7 Å². The lowest BCUT2D eigenvalue weighted by Gasteiger charge is -2.10. The molecule has 0 spiro atoms. The number of hydrazine groups is 1. The van der Waals surface area contributed by atoms with E-state index in [0.29, 0.717) is 12.3 Å². The van der Waals surface area contributed by atoms with E-state index in [-0.39, 0.29) is 5.09 Å². The van der Waals surface area contributed by atoms with Gasteiger partial charge in [0.05, 0.1) is 6.54 Å². The van der Waals surface area contributed by atoms with Crippen molar-refractivity contribution in [2.24, 2.45) is 0 Å². The van der Waals surface area contributed by atoms with E-state index < -0.39 is 10.0 Å². The van der Waals surface area contributed by atoms with Gasteiger partial charge in [-0.1, -0.05) is 6.92 Å². The van der Waals surface area contributed by atoms with E-state index in [0.717, 1.165) is 6.54 Å². The summed E-state index contributed by atoms with van der Waals surface area (Å²) in [5, 5.41) is 4.32. The molecule has 0 aliphatic carbocycles. The Morgan fingerprint density at radius 3 is 2.62 bits per heavy atom. The monoisotopic (exact) mass is 247 g/mol. The zero-order valence-corrected chi connectivity index (χ0v) is 10.5. The van der Waals surface area contributed by atoms with Crippen molar-refractivity contribution in [3.8, 4) is 0 Å². The standard InChI is InChI=1S/C9H17N3O3S/c1-4-10-7-8-5-6-9(15-8)16(13,14)11-12(2)3/h5-6,10-11H,4,7H2,1-3H3. The molecule has 6 nitrogen and oxygen atoms in total. The van der Waals surface area contributed by atoms with Crippen molar-refractivity contribution >= 4 is 10.0 Å². The maximum Gasteiger partial charge on any atom is 0.286 e. The van der Waals surface area contributed by atoms with E-state index >= 15 is 0 Å². The van der Waals surface area contributed by atoms with Crippen LogP contribution in [0.4, 0.5) is 0 Å². The van der Waals surface area contributed by atoms with Gasteiger partial charge in [0.15, 0.2) is 0 Å². The van der Waals surface area contributed by atoms with E-state index in [1.54, 1.807) is 20.2 Å². The highest BCUT2D eigenvalue weighted by molar-refractivity contribution is 7.89. The zero-order valence-electron chi connectivity index (χ0n) is 9.65. The van der Waals surface area contributed by atoms with Crippen LogP contribution in [0.25, 0.3) is 0 Å². The van der Waals surface area contributed by atoms with Crippen LogP contribution in [0.2, 0.25) is 0 Å². The predicted molar refractivity (Wildman–Crippen MR) is 60.1 cm³/mol. The average Bonchev–Trinajstić information content (AvgIpc) is 2.61. The van der Waals surface area contributed by atoms with Crippen LogP contribution >= 0.6 is 0 Å². The molecule has 0 radical (unpaired) electrons. The van der Waals surface area contributed by atoms with E-state index in [1.807, 2.05) is 6.92 Å². The minimum atomic E-state index is -3.58. The molecule has 0 saturated carbocycles. The van der Waals surface area contributed by atoms with Crippen LogP contribution < -0.4 is 10.1 Å². The van der Waals surface area contributed by atoms with Crippen molar-refractivity contribution < 1.29 is 12.8 Å². The van der Waals surface area contributed by atoms with Crippen molar-refractivity contribution in [3.63, 3.8) is 0 Å². The molecule has 0 aromatic carbocycles. The van der Waals surface area contributed by atoms with Gasteiger partial charge in [-0.3, -0.25) is 0 Å². The lowest BCUT2D eigenvalue weighted by Crippen LogP contribution is -2.35. The second-order valence-corrected chi connectivity index (χ2v) is 5.08. The second kappa shape index (κ2) is 5.44. The average molecular weight is 247 g/mol. The van der Waals surface area contributed by atoms with E-state index in [2.05, 4.69) is 10.1 Å². The zero-order chi connectivity index (χ0) is 12.2. The lowest BCUT2D eigenvalue weighted by atomic mass is 10.4. The summed E-state index contributed by atoms with van der Waals surface area (Å²) in [7, 11) is -0.388. The van der Waals surface area contributed by atoms with E-state index in [4.69, 9.17) is 4.42 Å². The largest absolute Gasteiger partial charge is 0.447 e. The molecule has 1 aromatic rings. The molecule has 7 heteroatoms. The molecule has 0 saturated heterocycles. The maximum absolute atomic E-state index is 11.7. The summed E-state index contributed by atoms with van der Waals surface area (Å²) in [6.07, 6.45) is 0. The van der Waals surface area contributed by atoms with Crippen molar-refractivity contribution in [3.05, 3.63) is 17.9 Å². The highest BCUT2D eigenvalue weighted by Gasteiger charge is 2.19. The van der Waals surface area contributed by atoms with Crippen LogP contribution in [0.5, 0.6) is 0 Å². The Morgan fingerprint density at radius 1 is 1.38 bits per heavy atom. The Hall–Kier alpha value is -0.890. The van der Waals surface area contributed by atoms with Gasteiger partial charge < -0.3 is 9.73 Å². The number of rotatable bonds is 6. The van der Waals surface area contributed by atoms with Crippen molar-refractivity contribution in [1.82, 2.24) is 15.2 Å². The van der Waals surface area contributed by atoms with Gasteiger partial charge >= 0.3 is 0 Å². The molecule has 0 unspecified atom stereocenters. The lowest BCUT2D eigenvalue weighted by molar-refractivity contribution is 0.346. The van der Waals surface area contributed by atoms with Gasteiger partial charge in [0, 0.05) is 14.1 Å². The highest BCUT2D eigenvalue weighted by Crippen LogP contribution is 2.13. The third kappa shape index (κ3) is 3.60. The summed E-state index contributed by atoms with van der Waals surface area (Å²) in [6.45, 7) is 3.29. The van der Waals surface area contributed by atoms with Crippen molar-refractivity contribution in [2.75, 3.05) is 20.6 Å². The normalized spacial score (nSPS) is 12.2. The Bertz CT molecular complexity index is 425. The number of sulfonamides is 1. The minimum absolute atomic E-state index is 0.0749. The molecule has 1 rings (SSSR count). The second-order valence-electron chi connectivity index (χ2n) is 3.49. The number of hydrogen-bond donors (Lipinski definition) is 2. The van der Waals surface area contributed by atoms with Crippen LogP contribution in [-0.2, 0) is 16.6 Å². The first-order chi connectivity index (χ1) is 7.45. The number of hydrogen-bond acceptors (Lipinski definition) is 5. The topological polar surface area (TPSA) is 74.6 Å². The fourth-order valence-electron chi connectivity index (χ4n) is 1.13. The molecular weight excluding hydrogens is 230 g/mol. The summed E-state index contributed by atoms with van der Waals surface area (Å²) in [4.78, 5) is 2.30. The fourth-order valence-corrected chi connectivity index (χ4v) is 2.17. The Balaban J connectivity index is 2.77. The molecule has 0 fully saturated rings. The first-order valence-electron chi connectivity index (χ1n) is 4.95. The van der Waals surface area contributed by atoms with Gasteiger partial charge in [0.25, 0.3) is 10.0 Å². The molecule has 1 aromatic heterocycles. The Labute approximate surface area is 95.6 Å². The van der Waals surface area contributed by atoms with Crippen molar-refractivity contribution in [2.45, 2.75) is 18.6 Å². The van der Waals surface area contributed by atoms with Gasteiger partial charge in [-0.25, -0.2) is 13.4 Å². The molecule has 2 N–H and O–H groups in total. The maximum atomic E-state index is 11.7. The minimum Gasteiger partial charge on any atom is -0.447 e. The third-order valence-electron chi connectivity index (χ3n) is 1.75. The van der Waals surface area contributed by atoms with Crippen LogP contribution in [0, 0.1) is 0 Å². The number of nitrogens with zero attached hydrogens (tertiary/aromatic N) is 1. The van der Waals surface area contributed by atoms with E-state index in [1.165, 1.54) is 11.1 Å². The first kappa shape index (κ1) is 13.2. The SMILES string of the molecule is CCNCc1ccc(S(=O)(=O)NN(C)C)o1. The van der Waals surface area contributed by atoms with Crippen LogP contribution in [-0.4, -0.2) is 34.1 Å². The van der Waals surface area contributed by atoms with Crippen molar-refractivity contribution in [1.29, 1.82) is 0 Å². The van der Waals surface area contributed by atoms with Crippen LogP contribution in [0.15, 0.2) is 21.6 Å². The van der Waals surface area contributed by atoms with Gasteiger partial charge in [-0.2, -0.15) is 0 Å². The summed E-state index contributed by atoms with van der Waals surface area (Å²) in [6, 6.07) is 3.09. The Morgan fingerprint density at radius 2 is 2.06 bits per heavy atom. The fraction of sp³-hybridized carbons (Fsp3) is 0.556. The van der Waals surface area contributed by atoms with Gasteiger partial charge in [0.1, 0.15) is 5.76 Å². The van der Waals surface area contributed by atoms with Gasteiger partial charge in [-0.05, 0) is 18.7 Å². The predicted octanol–water partition coefficient (Wildman–Crippen LogP) is 0.144. The van der Waals surface area contributed by atoms with E-state index in [9.17, 15) is 8.42 Å². The van der Waals surface area contributed by atoms with Gasteiger partial charge in [0.2, 0.25) is 5.09 Å². The molecule has 0 aliphatic heterocycles. The van der Waals surface area contributed by atoms with Crippen LogP contribution in [0.3, 0.4) is 0 Å². The molecule has 16 heavy (non-hydrogen) atoms. The third-order valence-corrected chi connectivity index (χ3v) is 3.11. The smallest absolute Gasteiger partial charge is 0.286 e. The molecular formula is C9H17N3O3S. The summed E-state index contributed by atoms with van der Waals surface area (Å²) in [5.74, 6) is 0.598. The van der Waals surface area contributed by atoms with Gasteiger partial charge in [-0.15, -0.1) is 4.83 Å². The molecule has 0 atom stereocenters. The molecule has 1 heterocycles. The molecule has 92 valence electrons. The molecule has 0 amide bonds. The summed E-state index contributed by atoms with van der Waals surface area (Å²) in [5.41, 5.74) is 0. The first-order valence-corrected chi connectivity index (χ1v) is 6.43. The molecule has 0 bridgehead atoms. The number of nitrogens with one attached hydrogen (secondary N) is 2. The molecule has 0 aliphatic rings. The number of furan rings is 1. The summed E-state index contributed by atoms with van der Waals surface area (Å²) >= 11 is 0. The quantitative estimate of drug-likeness (QED) is 0.700.